The van der Waals surface area contributed by atoms with Crippen molar-refractivity contribution in [1.29, 1.82) is 0 Å². The number of methoxy groups -OCH3 is 1. The highest BCUT2D eigenvalue weighted by Crippen LogP contribution is 2.47. The zero-order chi connectivity index (χ0) is 16.6. The lowest BCUT2D eigenvalue weighted by Crippen LogP contribution is -2.45. The van der Waals surface area contributed by atoms with Crippen LogP contribution in [-0.4, -0.2) is 44.1 Å². The average molecular weight is 328 g/mol. The molecule has 1 aliphatic carbocycles. The maximum Gasteiger partial charge on any atom is 0.233 e. The third-order valence-electron chi connectivity index (χ3n) is 6.55. The molecule has 1 unspecified atom stereocenters. The Morgan fingerprint density at radius 1 is 1.17 bits per heavy atom. The molecular formula is C20H28N2O2. The fourth-order valence-electron chi connectivity index (χ4n) is 5.17. The van der Waals surface area contributed by atoms with Crippen molar-refractivity contribution in [2.45, 2.75) is 43.9 Å². The highest BCUT2D eigenvalue weighted by molar-refractivity contribution is 5.89. The summed E-state index contributed by atoms with van der Waals surface area (Å²) in [4.78, 5) is 15.8. The number of rotatable bonds is 3. The van der Waals surface area contributed by atoms with Crippen LogP contribution in [0.25, 0.3) is 0 Å². The number of carbonyl (C=O) groups is 1. The number of carbonyl (C=O) groups excluding carboxylic acids is 1. The third-order valence-corrected chi connectivity index (χ3v) is 6.55. The van der Waals surface area contributed by atoms with Crippen LogP contribution in [0.1, 0.15) is 44.1 Å². The molecule has 1 saturated carbocycles. The number of benzene rings is 1. The molecule has 4 nitrogen and oxygen atoms in total. The molecule has 1 N–H and O–H groups in total. The van der Waals surface area contributed by atoms with Gasteiger partial charge < -0.3 is 15.0 Å². The zero-order valence-electron chi connectivity index (χ0n) is 14.6. The number of nitrogens with zero attached hydrogens (tertiary/aromatic N) is 1. The summed E-state index contributed by atoms with van der Waals surface area (Å²) < 4.78 is 5.61. The van der Waals surface area contributed by atoms with E-state index in [4.69, 9.17) is 4.74 Å². The standard InChI is InChI=1S/C20H28N2O2/c1-24-17-7-3-2-6-16(17)20(8-4-5-9-20)18(23)22-13-11-19(15-22)10-12-21-14-19/h2-3,6-7,21H,4-5,8-15H2,1H3. The minimum absolute atomic E-state index is 0.330. The van der Waals surface area contributed by atoms with Crippen LogP contribution in [0.3, 0.4) is 0 Å². The minimum atomic E-state index is -0.371. The fraction of sp³-hybridized carbons (Fsp3) is 0.650. The number of ether oxygens (including phenoxy) is 1. The average Bonchev–Trinajstić information content (AvgIpc) is 3.37. The summed E-state index contributed by atoms with van der Waals surface area (Å²) in [6, 6.07) is 8.13. The molecule has 0 aromatic heterocycles. The first-order valence-corrected chi connectivity index (χ1v) is 9.33. The van der Waals surface area contributed by atoms with E-state index in [0.29, 0.717) is 11.3 Å². The van der Waals surface area contributed by atoms with Gasteiger partial charge in [0.1, 0.15) is 5.75 Å². The Morgan fingerprint density at radius 3 is 2.67 bits per heavy atom. The van der Waals surface area contributed by atoms with Gasteiger partial charge in [0, 0.05) is 30.6 Å². The zero-order valence-corrected chi connectivity index (χ0v) is 14.6. The van der Waals surface area contributed by atoms with E-state index in [2.05, 4.69) is 16.3 Å². The van der Waals surface area contributed by atoms with E-state index >= 15 is 0 Å². The van der Waals surface area contributed by atoms with Gasteiger partial charge in [0.25, 0.3) is 0 Å². The number of hydrogen-bond donors (Lipinski definition) is 1. The topological polar surface area (TPSA) is 41.6 Å². The molecule has 1 aromatic carbocycles. The van der Waals surface area contributed by atoms with Crippen molar-refractivity contribution >= 4 is 5.91 Å². The lowest BCUT2D eigenvalue weighted by Gasteiger charge is -2.34. The Morgan fingerprint density at radius 2 is 1.96 bits per heavy atom. The van der Waals surface area contributed by atoms with Crippen LogP contribution < -0.4 is 10.1 Å². The predicted octanol–water partition coefficient (Wildman–Crippen LogP) is 2.72. The van der Waals surface area contributed by atoms with Crippen molar-refractivity contribution in [3.05, 3.63) is 29.8 Å². The molecular weight excluding hydrogens is 300 g/mol. The second-order valence-corrected chi connectivity index (χ2v) is 7.89. The largest absolute Gasteiger partial charge is 0.496 e. The van der Waals surface area contributed by atoms with Crippen LogP contribution in [0.15, 0.2) is 24.3 Å². The quantitative estimate of drug-likeness (QED) is 0.927. The van der Waals surface area contributed by atoms with Crippen LogP contribution in [0.2, 0.25) is 0 Å². The molecule has 0 radical (unpaired) electrons. The summed E-state index contributed by atoms with van der Waals surface area (Å²) in [7, 11) is 1.71. The van der Waals surface area contributed by atoms with Crippen molar-refractivity contribution in [3.63, 3.8) is 0 Å². The summed E-state index contributed by atoms with van der Waals surface area (Å²) in [6.45, 7) is 4.01. The summed E-state index contributed by atoms with van der Waals surface area (Å²) in [5.41, 5.74) is 1.06. The van der Waals surface area contributed by atoms with Crippen LogP contribution >= 0.6 is 0 Å². The molecule has 4 rings (SSSR count). The molecule has 130 valence electrons. The van der Waals surface area contributed by atoms with Gasteiger partial charge in [-0.1, -0.05) is 31.0 Å². The normalized spacial score (nSPS) is 28.6. The molecule has 2 saturated heterocycles. The van der Waals surface area contributed by atoms with Gasteiger partial charge in [0.05, 0.1) is 12.5 Å². The molecule has 1 amide bonds. The highest BCUT2D eigenvalue weighted by Gasteiger charge is 2.50. The maximum absolute atomic E-state index is 13.6. The van der Waals surface area contributed by atoms with E-state index in [1.807, 2.05) is 18.2 Å². The van der Waals surface area contributed by atoms with Gasteiger partial charge in [-0.15, -0.1) is 0 Å². The molecule has 2 heterocycles. The second-order valence-electron chi connectivity index (χ2n) is 7.89. The number of likely N-dealkylation sites (tertiary alicyclic amines) is 1. The first-order chi connectivity index (χ1) is 11.7. The molecule has 3 aliphatic rings. The van der Waals surface area contributed by atoms with Gasteiger partial charge in [-0.25, -0.2) is 0 Å². The molecule has 3 fully saturated rings. The van der Waals surface area contributed by atoms with E-state index in [-0.39, 0.29) is 5.41 Å². The maximum atomic E-state index is 13.6. The first-order valence-electron chi connectivity index (χ1n) is 9.33. The summed E-state index contributed by atoms with van der Waals surface area (Å²) in [5, 5.41) is 3.49. The highest BCUT2D eigenvalue weighted by atomic mass is 16.5. The lowest BCUT2D eigenvalue weighted by molar-refractivity contribution is -0.136. The van der Waals surface area contributed by atoms with E-state index < -0.39 is 0 Å². The van der Waals surface area contributed by atoms with Crippen molar-refractivity contribution in [2.24, 2.45) is 5.41 Å². The summed E-state index contributed by atoms with van der Waals surface area (Å²) in [5.74, 6) is 1.21. The number of amides is 1. The Balaban J connectivity index is 1.65. The lowest BCUT2D eigenvalue weighted by atomic mass is 9.77. The van der Waals surface area contributed by atoms with Gasteiger partial charge >= 0.3 is 0 Å². The third kappa shape index (κ3) is 2.43. The fourth-order valence-corrected chi connectivity index (χ4v) is 5.17. The van der Waals surface area contributed by atoms with Crippen molar-refractivity contribution in [1.82, 2.24) is 10.2 Å². The summed E-state index contributed by atoms with van der Waals surface area (Å²) >= 11 is 0. The molecule has 1 aromatic rings. The number of nitrogens with one attached hydrogen (secondary N) is 1. The Hall–Kier alpha value is -1.55. The van der Waals surface area contributed by atoms with Crippen molar-refractivity contribution in [2.75, 3.05) is 33.3 Å². The van der Waals surface area contributed by atoms with Gasteiger partial charge in [-0.3, -0.25) is 4.79 Å². The predicted molar refractivity (Wildman–Crippen MR) is 94.3 cm³/mol. The van der Waals surface area contributed by atoms with Gasteiger partial charge in [-0.05, 0) is 38.3 Å². The Labute approximate surface area is 144 Å². The second kappa shape index (κ2) is 6.07. The van der Waals surface area contributed by atoms with Crippen LogP contribution in [0.5, 0.6) is 5.75 Å². The molecule has 24 heavy (non-hydrogen) atoms. The molecule has 2 aliphatic heterocycles. The van der Waals surface area contributed by atoms with Gasteiger partial charge in [0.15, 0.2) is 0 Å². The smallest absolute Gasteiger partial charge is 0.233 e. The van der Waals surface area contributed by atoms with E-state index in [1.165, 1.54) is 6.42 Å². The van der Waals surface area contributed by atoms with E-state index in [1.54, 1.807) is 7.11 Å². The molecule has 1 spiro atoms. The van der Waals surface area contributed by atoms with Gasteiger partial charge in [0.2, 0.25) is 5.91 Å². The first kappa shape index (κ1) is 15.9. The van der Waals surface area contributed by atoms with Crippen LogP contribution in [0, 0.1) is 5.41 Å². The SMILES string of the molecule is COc1ccccc1C1(C(=O)N2CCC3(CCNC3)C2)CCCC1. The van der Waals surface area contributed by atoms with Crippen LogP contribution in [-0.2, 0) is 10.2 Å². The van der Waals surface area contributed by atoms with Gasteiger partial charge in [-0.2, -0.15) is 0 Å². The Bertz CT molecular complexity index is 616. The number of para-hydroxylation sites is 1. The van der Waals surface area contributed by atoms with Crippen molar-refractivity contribution in [3.8, 4) is 5.75 Å². The molecule has 1 atom stereocenters. The monoisotopic (exact) mass is 328 g/mol. The minimum Gasteiger partial charge on any atom is -0.496 e. The molecule has 0 bridgehead atoms. The Kier molecular flexibility index (Phi) is 4.03. The van der Waals surface area contributed by atoms with E-state index in [9.17, 15) is 4.79 Å². The van der Waals surface area contributed by atoms with Crippen LogP contribution in [0.4, 0.5) is 0 Å². The number of hydrogen-bond acceptors (Lipinski definition) is 3. The summed E-state index contributed by atoms with van der Waals surface area (Å²) in [6.07, 6.45) is 6.52. The van der Waals surface area contributed by atoms with E-state index in [0.717, 1.165) is 69.6 Å². The molecule has 4 heteroatoms. The van der Waals surface area contributed by atoms with Crippen molar-refractivity contribution < 1.29 is 9.53 Å².